The van der Waals surface area contributed by atoms with Crippen molar-refractivity contribution >= 4 is 0 Å². The summed E-state index contributed by atoms with van der Waals surface area (Å²) >= 11 is 0. The van der Waals surface area contributed by atoms with Crippen molar-refractivity contribution in [3.63, 3.8) is 0 Å². The number of hydrogen-bond acceptors (Lipinski definition) is 1. The topological polar surface area (TPSA) is 12.0 Å². The Kier molecular flexibility index (Phi) is 4.24. The van der Waals surface area contributed by atoms with Gasteiger partial charge in [0.1, 0.15) is 0 Å². The van der Waals surface area contributed by atoms with Gasteiger partial charge < -0.3 is 5.32 Å². The number of hydrogen-bond donors (Lipinski definition) is 1. The lowest BCUT2D eigenvalue weighted by molar-refractivity contribution is 0.0895. The van der Waals surface area contributed by atoms with Crippen LogP contribution in [0, 0.1) is 11.3 Å². The van der Waals surface area contributed by atoms with Crippen LogP contribution in [0.15, 0.2) is 0 Å². The van der Waals surface area contributed by atoms with E-state index in [-0.39, 0.29) is 0 Å². The van der Waals surface area contributed by atoms with Crippen molar-refractivity contribution in [1.82, 2.24) is 5.32 Å². The minimum Gasteiger partial charge on any atom is -0.316 e. The molecular weight excluding hydrogens is 158 g/mol. The third-order valence-corrected chi connectivity index (χ3v) is 3.69. The van der Waals surface area contributed by atoms with Gasteiger partial charge in [0.2, 0.25) is 0 Å². The molecule has 1 saturated carbocycles. The Morgan fingerprint density at radius 3 is 2.38 bits per heavy atom. The smallest absolute Gasteiger partial charge is 0.000770 e. The SMILES string of the molecule is CCCC(C)(CNCC)C1CCC1. The maximum absolute atomic E-state index is 3.52. The van der Waals surface area contributed by atoms with Gasteiger partial charge in [-0.3, -0.25) is 0 Å². The van der Waals surface area contributed by atoms with E-state index in [1.54, 1.807) is 0 Å². The molecule has 1 aliphatic rings. The molecule has 1 rings (SSSR count). The molecule has 1 N–H and O–H groups in total. The lowest BCUT2D eigenvalue weighted by atomic mass is 9.64. The highest BCUT2D eigenvalue weighted by atomic mass is 14.9. The summed E-state index contributed by atoms with van der Waals surface area (Å²) in [7, 11) is 0. The maximum atomic E-state index is 3.52. The third-order valence-electron chi connectivity index (χ3n) is 3.69. The van der Waals surface area contributed by atoms with Gasteiger partial charge in [0.15, 0.2) is 0 Å². The van der Waals surface area contributed by atoms with Gasteiger partial charge in [-0.05, 0) is 37.1 Å². The third kappa shape index (κ3) is 2.70. The fourth-order valence-electron chi connectivity index (χ4n) is 2.52. The Bertz CT molecular complexity index is 140. The molecule has 0 aliphatic heterocycles. The van der Waals surface area contributed by atoms with E-state index >= 15 is 0 Å². The molecule has 0 amide bonds. The summed E-state index contributed by atoms with van der Waals surface area (Å²) in [4.78, 5) is 0. The molecule has 1 unspecified atom stereocenters. The summed E-state index contributed by atoms with van der Waals surface area (Å²) in [6, 6.07) is 0. The second kappa shape index (κ2) is 4.99. The van der Waals surface area contributed by atoms with Crippen LogP contribution < -0.4 is 5.32 Å². The van der Waals surface area contributed by atoms with Crippen molar-refractivity contribution in [3.8, 4) is 0 Å². The van der Waals surface area contributed by atoms with E-state index in [0.29, 0.717) is 5.41 Å². The average molecular weight is 183 g/mol. The highest BCUT2D eigenvalue weighted by molar-refractivity contribution is 4.88. The standard InChI is InChI=1S/C12H25N/c1-4-9-12(3,10-13-5-2)11-7-6-8-11/h11,13H,4-10H2,1-3H3. The molecule has 0 heterocycles. The first kappa shape index (κ1) is 11.0. The zero-order valence-corrected chi connectivity index (χ0v) is 9.53. The Labute approximate surface area is 83.3 Å². The van der Waals surface area contributed by atoms with E-state index in [4.69, 9.17) is 0 Å². The maximum Gasteiger partial charge on any atom is 0.000770 e. The summed E-state index contributed by atoms with van der Waals surface area (Å²) in [6.45, 7) is 9.33. The van der Waals surface area contributed by atoms with Crippen LogP contribution in [0.1, 0.15) is 52.9 Å². The van der Waals surface area contributed by atoms with Crippen molar-refractivity contribution in [2.75, 3.05) is 13.1 Å². The molecule has 1 heteroatoms. The minimum atomic E-state index is 0.586. The molecule has 0 bridgehead atoms. The monoisotopic (exact) mass is 183 g/mol. The lowest BCUT2D eigenvalue weighted by Crippen LogP contribution is -2.41. The van der Waals surface area contributed by atoms with Crippen LogP contribution in [0.3, 0.4) is 0 Å². The second-order valence-corrected chi connectivity index (χ2v) is 4.81. The second-order valence-electron chi connectivity index (χ2n) is 4.81. The molecule has 0 spiro atoms. The highest BCUT2D eigenvalue weighted by Crippen LogP contribution is 2.44. The minimum absolute atomic E-state index is 0.586. The summed E-state index contributed by atoms with van der Waals surface area (Å²) < 4.78 is 0. The predicted octanol–water partition coefficient (Wildman–Crippen LogP) is 3.20. The fraction of sp³-hybridized carbons (Fsp3) is 1.00. The first-order chi connectivity index (χ1) is 6.23. The molecule has 0 aromatic rings. The van der Waals surface area contributed by atoms with E-state index in [2.05, 4.69) is 26.1 Å². The quantitative estimate of drug-likeness (QED) is 0.667. The number of nitrogens with one attached hydrogen (secondary N) is 1. The van der Waals surface area contributed by atoms with Gasteiger partial charge >= 0.3 is 0 Å². The molecule has 0 aromatic heterocycles. The molecule has 1 atom stereocenters. The molecule has 1 nitrogen and oxygen atoms in total. The molecule has 0 radical (unpaired) electrons. The normalized spacial score (nSPS) is 22.4. The molecule has 0 aromatic carbocycles. The van der Waals surface area contributed by atoms with Gasteiger partial charge in [-0.2, -0.15) is 0 Å². The van der Waals surface area contributed by atoms with Crippen molar-refractivity contribution in [1.29, 1.82) is 0 Å². The summed E-state index contributed by atoms with van der Waals surface area (Å²) in [6.07, 6.45) is 7.14. The summed E-state index contributed by atoms with van der Waals surface area (Å²) in [5.74, 6) is 1.01. The van der Waals surface area contributed by atoms with E-state index in [1.807, 2.05) is 0 Å². The van der Waals surface area contributed by atoms with E-state index in [0.717, 1.165) is 12.5 Å². The van der Waals surface area contributed by atoms with Crippen LogP contribution in [0.2, 0.25) is 0 Å². The van der Waals surface area contributed by atoms with Gasteiger partial charge in [0, 0.05) is 6.54 Å². The van der Waals surface area contributed by atoms with E-state index in [1.165, 1.54) is 38.6 Å². The Morgan fingerprint density at radius 2 is 2.00 bits per heavy atom. The van der Waals surface area contributed by atoms with Crippen molar-refractivity contribution < 1.29 is 0 Å². The number of rotatable bonds is 6. The van der Waals surface area contributed by atoms with Gasteiger partial charge in [0.25, 0.3) is 0 Å². The summed E-state index contributed by atoms with van der Waals surface area (Å²) in [5, 5.41) is 3.52. The van der Waals surface area contributed by atoms with Gasteiger partial charge in [-0.15, -0.1) is 0 Å². The van der Waals surface area contributed by atoms with Crippen molar-refractivity contribution in [2.45, 2.75) is 52.9 Å². The van der Waals surface area contributed by atoms with Crippen LogP contribution in [0.25, 0.3) is 0 Å². The van der Waals surface area contributed by atoms with Crippen LogP contribution in [-0.4, -0.2) is 13.1 Å². The molecule has 0 saturated heterocycles. The van der Waals surface area contributed by atoms with Crippen LogP contribution in [0.5, 0.6) is 0 Å². The van der Waals surface area contributed by atoms with E-state index < -0.39 is 0 Å². The molecule has 13 heavy (non-hydrogen) atoms. The van der Waals surface area contributed by atoms with Crippen molar-refractivity contribution in [3.05, 3.63) is 0 Å². The van der Waals surface area contributed by atoms with E-state index in [9.17, 15) is 0 Å². The molecule has 78 valence electrons. The van der Waals surface area contributed by atoms with Crippen LogP contribution in [0.4, 0.5) is 0 Å². The predicted molar refractivity (Wildman–Crippen MR) is 58.9 cm³/mol. The Balaban J connectivity index is 2.40. The lowest BCUT2D eigenvalue weighted by Gasteiger charge is -2.43. The molecule has 1 fully saturated rings. The zero-order valence-electron chi connectivity index (χ0n) is 9.53. The molecule has 1 aliphatic carbocycles. The molecular formula is C12H25N. The van der Waals surface area contributed by atoms with Crippen LogP contribution >= 0.6 is 0 Å². The Morgan fingerprint density at radius 1 is 1.31 bits per heavy atom. The van der Waals surface area contributed by atoms with Gasteiger partial charge in [-0.25, -0.2) is 0 Å². The fourth-order valence-corrected chi connectivity index (χ4v) is 2.52. The average Bonchev–Trinajstić information content (AvgIpc) is 1.98. The van der Waals surface area contributed by atoms with Gasteiger partial charge in [0.05, 0.1) is 0 Å². The highest BCUT2D eigenvalue weighted by Gasteiger charge is 2.36. The Hall–Kier alpha value is -0.0400. The van der Waals surface area contributed by atoms with Crippen molar-refractivity contribution in [2.24, 2.45) is 11.3 Å². The largest absolute Gasteiger partial charge is 0.316 e. The summed E-state index contributed by atoms with van der Waals surface area (Å²) in [5.41, 5.74) is 0.586. The van der Waals surface area contributed by atoms with Crippen LogP contribution in [-0.2, 0) is 0 Å². The first-order valence-electron chi connectivity index (χ1n) is 5.93. The van der Waals surface area contributed by atoms with Gasteiger partial charge in [-0.1, -0.05) is 33.6 Å². The zero-order chi connectivity index (χ0) is 9.73. The first-order valence-corrected chi connectivity index (χ1v) is 5.93.